The third-order valence-electron chi connectivity index (χ3n) is 2.78. The molecule has 0 saturated heterocycles. The van der Waals surface area contributed by atoms with Gasteiger partial charge in [0.25, 0.3) is 0 Å². The highest BCUT2D eigenvalue weighted by atomic mass is 32.2. The molecular weight excluding hydrogens is 268 g/mol. The van der Waals surface area contributed by atoms with Gasteiger partial charge in [-0.05, 0) is 37.1 Å². The summed E-state index contributed by atoms with van der Waals surface area (Å²) in [4.78, 5) is 12.6. The van der Waals surface area contributed by atoms with Gasteiger partial charge in [-0.1, -0.05) is 26.0 Å². The molecule has 0 aliphatic rings. The molecular formula is C16H26N2OS. The number of carbonyl (C=O) groups is 1. The fourth-order valence-corrected chi connectivity index (χ4v) is 2.61. The van der Waals surface area contributed by atoms with Gasteiger partial charge < -0.3 is 10.6 Å². The van der Waals surface area contributed by atoms with Gasteiger partial charge in [-0.2, -0.15) is 0 Å². The predicted octanol–water partition coefficient (Wildman–Crippen LogP) is 3.05. The number of hydrogen-bond donors (Lipinski definition) is 2. The van der Waals surface area contributed by atoms with Crippen molar-refractivity contribution in [3.8, 4) is 0 Å². The molecule has 0 spiro atoms. The maximum atomic E-state index is 11.3. The Morgan fingerprint density at radius 2 is 1.95 bits per heavy atom. The van der Waals surface area contributed by atoms with Crippen LogP contribution in [0.1, 0.15) is 32.8 Å². The first-order valence-corrected chi connectivity index (χ1v) is 8.29. The highest BCUT2D eigenvalue weighted by molar-refractivity contribution is 7.99. The van der Waals surface area contributed by atoms with Crippen molar-refractivity contribution in [1.29, 1.82) is 0 Å². The van der Waals surface area contributed by atoms with Gasteiger partial charge in [0.05, 0.1) is 0 Å². The Kier molecular flexibility index (Phi) is 8.38. The topological polar surface area (TPSA) is 41.1 Å². The van der Waals surface area contributed by atoms with Crippen LogP contribution in [0.4, 0.5) is 0 Å². The number of hydrogen-bond acceptors (Lipinski definition) is 3. The van der Waals surface area contributed by atoms with Crippen molar-refractivity contribution in [3.63, 3.8) is 0 Å². The monoisotopic (exact) mass is 294 g/mol. The molecule has 1 amide bonds. The minimum atomic E-state index is 0.134. The number of nitrogens with one attached hydrogen (secondary N) is 2. The number of thioether (sulfide) groups is 1. The summed E-state index contributed by atoms with van der Waals surface area (Å²) in [5.41, 5.74) is 1.30. The van der Waals surface area contributed by atoms with E-state index in [1.807, 2.05) is 6.92 Å². The highest BCUT2D eigenvalue weighted by Gasteiger charge is 2.01. The molecule has 0 radical (unpaired) electrons. The van der Waals surface area contributed by atoms with E-state index in [0.29, 0.717) is 18.9 Å². The third-order valence-corrected chi connectivity index (χ3v) is 3.79. The molecule has 0 fully saturated rings. The van der Waals surface area contributed by atoms with Crippen LogP contribution < -0.4 is 10.6 Å². The number of benzene rings is 1. The fraction of sp³-hybridized carbons (Fsp3) is 0.562. The summed E-state index contributed by atoms with van der Waals surface area (Å²) in [7, 11) is 0. The van der Waals surface area contributed by atoms with Crippen LogP contribution in [0.5, 0.6) is 0 Å². The van der Waals surface area contributed by atoms with Crippen LogP contribution in [0, 0.1) is 5.92 Å². The summed E-state index contributed by atoms with van der Waals surface area (Å²) < 4.78 is 0. The summed E-state index contributed by atoms with van der Waals surface area (Å²) >= 11 is 1.73. The molecule has 0 bridgehead atoms. The first-order chi connectivity index (χ1) is 9.61. The van der Waals surface area contributed by atoms with E-state index in [2.05, 4.69) is 48.7 Å². The van der Waals surface area contributed by atoms with Gasteiger partial charge in [0.1, 0.15) is 0 Å². The summed E-state index contributed by atoms with van der Waals surface area (Å²) in [6.45, 7) is 9.03. The van der Waals surface area contributed by atoms with Crippen LogP contribution in [0.25, 0.3) is 0 Å². The van der Waals surface area contributed by atoms with E-state index in [-0.39, 0.29) is 5.91 Å². The van der Waals surface area contributed by atoms with E-state index < -0.39 is 0 Å². The second-order valence-corrected chi connectivity index (χ2v) is 6.39. The molecule has 1 aromatic rings. The van der Waals surface area contributed by atoms with E-state index in [1.54, 1.807) is 11.8 Å². The molecule has 20 heavy (non-hydrogen) atoms. The van der Waals surface area contributed by atoms with Gasteiger partial charge >= 0.3 is 0 Å². The summed E-state index contributed by atoms with van der Waals surface area (Å²) in [5.74, 6) is 1.64. The molecule has 0 saturated carbocycles. The molecule has 0 heterocycles. The van der Waals surface area contributed by atoms with E-state index in [1.165, 1.54) is 10.5 Å². The zero-order valence-corrected chi connectivity index (χ0v) is 13.6. The number of amides is 1. The van der Waals surface area contributed by atoms with Gasteiger partial charge in [-0.3, -0.25) is 4.79 Å². The van der Waals surface area contributed by atoms with Crippen molar-refractivity contribution in [2.45, 2.75) is 38.6 Å². The Morgan fingerprint density at radius 3 is 2.55 bits per heavy atom. The minimum Gasteiger partial charge on any atom is -0.356 e. The van der Waals surface area contributed by atoms with Crippen molar-refractivity contribution >= 4 is 17.7 Å². The lowest BCUT2D eigenvalue weighted by Crippen LogP contribution is -2.22. The zero-order chi connectivity index (χ0) is 14.8. The van der Waals surface area contributed by atoms with Gasteiger partial charge in [-0.15, -0.1) is 11.8 Å². The summed E-state index contributed by atoms with van der Waals surface area (Å²) in [5, 5.41) is 6.25. The van der Waals surface area contributed by atoms with E-state index in [9.17, 15) is 4.79 Å². The van der Waals surface area contributed by atoms with E-state index in [0.717, 1.165) is 18.8 Å². The maximum Gasteiger partial charge on any atom is 0.220 e. The maximum absolute atomic E-state index is 11.3. The lowest BCUT2D eigenvalue weighted by Gasteiger charge is -2.08. The van der Waals surface area contributed by atoms with E-state index in [4.69, 9.17) is 0 Å². The van der Waals surface area contributed by atoms with Crippen molar-refractivity contribution in [1.82, 2.24) is 10.6 Å². The van der Waals surface area contributed by atoms with Crippen molar-refractivity contribution in [3.05, 3.63) is 29.8 Å². The molecule has 4 heteroatoms. The molecule has 1 rings (SSSR count). The molecule has 3 nitrogen and oxygen atoms in total. The number of carbonyl (C=O) groups excluding carboxylic acids is 1. The van der Waals surface area contributed by atoms with Crippen LogP contribution in [0.3, 0.4) is 0 Å². The summed E-state index contributed by atoms with van der Waals surface area (Å²) in [6, 6.07) is 8.58. The van der Waals surface area contributed by atoms with Crippen molar-refractivity contribution in [2.75, 3.05) is 18.8 Å². The summed E-state index contributed by atoms with van der Waals surface area (Å²) in [6.07, 6.45) is 0.580. The highest BCUT2D eigenvalue weighted by Crippen LogP contribution is 2.19. The van der Waals surface area contributed by atoms with Gasteiger partial charge in [-0.25, -0.2) is 0 Å². The van der Waals surface area contributed by atoms with Crippen LogP contribution in [0.15, 0.2) is 29.2 Å². The van der Waals surface area contributed by atoms with Gasteiger partial charge in [0.2, 0.25) is 5.91 Å². The quantitative estimate of drug-likeness (QED) is 0.688. The normalized spacial score (nSPS) is 10.8. The molecule has 2 N–H and O–H groups in total. The van der Waals surface area contributed by atoms with Crippen molar-refractivity contribution in [2.24, 2.45) is 5.92 Å². The average Bonchev–Trinajstić information content (AvgIpc) is 2.40. The first-order valence-electron chi connectivity index (χ1n) is 7.31. The molecule has 0 aromatic heterocycles. The molecule has 0 unspecified atom stereocenters. The van der Waals surface area contributed by atoms with E-state index >= 15 is 0 Å². The average molecular weight is 294 g/mol. The van der Waals surface area contributed by atoms with Crippen LogP contribution in [-0.4, -0.2) is 24.7 Å². The largest absolute Gasteiger partial charge is 0.356 e. The zero-order valence-electron chi connectivity index (χ0n) is 12.7. The van der Waals surface area contributed by atoms with Crippen molar-refractivity contribution < 1.29 is 4.79 Å². The molecule has 0 aliphatic carbocycles. The minimum absolute atomic E-state index is 0.134. The second-order valence-electron chi connectivity index (χ2n) is 5.22. The predicted molar refractivity (Wildman–Crippen MR) is 87.0 cm³/mol. The van der Waals surface area contributed by atoms with Crippen LogP contribution in [-0.2, 0) is 11.3 Å². The molecule has 112 valence electrons. The second kappa shape index (κ2) is 9.83. The Labute approximate surface area is 126 Å². The Hall–Kier alpha value is -1.00. The molecule has 0 atom stereocenters. The SMILES string of the molecule is CCNC(=O)CCSc1ccc(CNCC(C)C)cc1. The van der Waals surface area contributed by atoms with Crippen LogP contribution >= 0.6 is 11.8 Å². The fourth-order valence-electron chi connectivity index (χ4n) is 1.76. The lowest BCUT2D eigenvalue weighted by atomic mass is 10.2. The van der Waals surface area contributed by atoms with Crippen LogP contribution in [0.2, 0.25) is 0 Å². The third kappa shape index (κ3) is 7.56. The molecule has 0 aliphatic heterocycles. The van der Waals surface area contributed by atoms with Gasteiger partial charge in [0, 0.05) is 30.2 Å². The Balaban J connectivity index is 2.26. The number of rotatable bonds is 9. The smallest absolute Gasteiger partial charge is 0.220 e. The van der Waals surface area contributed by atoms with Gasteiger partial charge in [0.15, 0.2) is 0 Å². The lowest BCUT2D eigenvalue weighted by molar-refractivity contribution is -0.120. The Bertz CT molecular complexity index is 390. The standard InChI is InChI=1S/C16H26N2OS/c1-4-18-16(19)9-10-20-15-7-5-14(6-8-15)12-17-11-13(2)3/h5-8,13,17H,4,9-12H2,1-3H3,(H,18,19). The first kappa shape index (κ1) is 17.1. The Morgan fingerprint density at radius 1 is 1.25 bits per heavy atom. The molecule has 1 aromatic carbocycles.